The summed E-state index contributed by atoms with van der Waals surface area (Å²) in [5.74, 6) is 0.372. The molecule has 3 aromatic carbocycles. The van der Waals surface area contributed by atoms with Crippen LogP contribution in [0.5, 0.6) is 5.75 Å². The number of pyridine rings is 1. The van der Waals surface area contributed by atoms with Crippen LogP contribution in [0.3, 0.4) is 0 Å². The van der Waals surface area contributed by atoms with E-state index in [0.29, 0.717) is 22.3 Å². The molecule has 0 spiro atoms. The van der Waals surface area contributed by atoms with Gasteiger partial charge < -0.3 is 5.11 Å². The largest absolute Gasteiger partial charge is 0.506 e. The van der Waals surface area contributed by atoms with Crippen molar-refractivity contribution in [2.24, 2.45) is 0 Å². The Kier molecular flexibility index (Phi) is 4.25. The first-order valence-electron chi connectivity index (χ1n) is 9.60. The highest BCUT2D eigenvalue weighted by Crippen LogP contribution is 2.42. The van der Waals surface area contributed by atoms with Crippen molar-refractivity contribution in [2.75, 3.05) is 5.01 Å². The fourth-order valence-corrected chi connectivity index (χ4v) is 3.89. The van der Waals surface area contributed by atoms with E-state index in [2.05, 4.69) is 11.1 Å². The molecule has 1 N–H and O–H groups in total. The van der Waals surface area contributed by atoms with Crippen molar-refractivity contribution < 1.29 is 5.11 Å². The van der Waals surface area contributed by atoms with Crippen molar-refractivity contribution in [3.05, 3.63) is 96.3 Å². The zero-order valence-electron chi connectivity index (χ0n) is 16.3. The minimum Gasteiger partial charge on any atom is -0.506 e. The van der Waals surface area contributed by atoms with Gasteiger partial charge in [-0.1, -0.05) is 48.5 Å². The second-order valence-electron chi connectivity index (χ2n) is 6.94. The molecular formula is C25H15N5O. The number of phenolic OH excluding ortho intramolecular Hbond substituents is 1. The first kappa shape index (κ1) is 18.2. The van der Waals surface area contributed by atoms with Crippen LogP contribution in [0.25, 0.3) is 21.7 Å². The van der Waals surface area contributed by atoms with Gasteiger partial charge in [0.1, 0.15) is 23.5 Å². The van der Waals surface area contributed by atoms with Crippen LogP contribution in [0.1, 0.15) is 11.1 Å². The van der Waals surface area contributed by atoms with Crippen LogP contribution in [-0.2, 0) is 0 Å². The van der Waals surface area contributed by atoms with Crippen LogP contribution in [0.4, 0.5) is 11.5 Å². The molecule has 31 heavy (non-hydrogen) atoms. The molecule has 6 heteroatoms. The van der Waals surface area contributed by atoms with Crippen molar-refractivity contribution in [1.29, 1.82) is 10.5 Å². The predicted molar refractivity (Wildman–Crippen MR) is 119 cm³/mol. The molecule has 0 atom stereocenters. The average molecular weight is 401 g/mol. The van der Waals surface area contributed by atoms with Gasteiger partial charge in [0.15, 0.2) is 5.82 Å². The second kappa shape index (κ2) is 7.22. The minimum atomic E-state index is -0.197. The van der Waals surface area contributed by atoms with Gasteiger partial charge in [-0.2, -0.15) is 10.5 Å². The quantitative estimate of drug-likeness (QED) is 0.447. The maximum absolute atomic E-state index is 10.7. The van der Waals surface area contributed by atoms with Crippen molar-refractivity contribution in [1.82, 2.24) is 9.66 Å². The summed E-state index contributed by atoms with van der Waals surface area (Å²) >= 11 is 0. The van der Waals surface area contributed by atoms with Crippen LogP contribution in [0, 0.1) is 22.7 Å². The van der Waals surface area contributed by atoms with Crippen LogP contribution in [0.15, 0.2) is 85.2 Å². The van der Waals surface area contributed by atoms with E-state index in [9.17, 15) is 15.6 Å². The number of para-hydroxylation sites is 1. The Bertz CT molecular complexity index is 1520. The maximum Gasteiger partial charge on any atom is 0.152 e. The molecule has 0 saturated heterocycles. The molecule has 6 nitrogen and oxygen atoms in total. The monoisotopic (exact) mass is 401 g/mol. The zero-order valence-corrected chi connectivity index (χ0v) is 16.3. The van der Waals surface area contributed by atoms with Gasteiger partial charge in [-0.15, -0.1) is 0 Å². The Morgan fingerprint density at radius 1 is 0.806 bits per heavy atom. The molecule has 0 fully saturated rings. The number of benzene rings is 3. The summed E-state index contributed by atoms with van der Waals surface area (Å²) in [5.41, 5.74) is 1.41. The van der Waals surface area contributed by atoms with Crippen molar-refractivity contribution >= 4 is 33.2 Å². The molecule has 0 saturated carbocycles. The molecule has 5 rings (SSSR count). The van der Waals surface area contributed by atoms with Gasteiger partial charge in [-0.3, -0.25) is 4.68 Å². The van der Waals surface area contributed by atoms with Crippen LogP contribution in [-0.4, -0.2) is 14.8 Å². The number of fused-ring (bicyclic) bond motifs is 2. The van der Waals surface area contributed by atoms with Gasteiger partial charge in [0.05, 0.1) is 16.8 Å². The topological polar surface area (TPSA) is 88.9 Å². The fourth-order valence-electron chi connectivity index (χ4n) is 3.89. The van der Waals surface area contributed by atoms with E-state index in [1.54, 1.807) is 18.3 Å². The molecule has 0 unspecified atom stereocenters. The summed E-state index contributed by atoms with van der Waals surface area (Å²) < 4.78 is 1.90. The Labute approximate surface area is 178 Å². The molecule has 0 aliphatic heterocycles. The lowest BCUT2D eigenvalue weighted by Gasteiger charge is -2.28. The molecular weight excluding hydrogens is 386 g/mol. The highest BCUT2D eigenvalue weighted by molar-refractivity contribution is 6.04. The van der Waals surface area contributed by atoms with E-state index in [-0.39, 0.29) is 16.9 Å². The lowest BCUT2D eigenvalue weighted by atomic mass is 9.97. The van der Waals surface area contributed by atoms with E-state index in [1.165, 1.54) is 0 Å². The van der Waals surface area contributed by atoms with Gasteiger partial charge in [0, 0.05) is 28.6 Å². The Hall–Kier alpha value is -4.81. The summed E-state index contributed by atoms with van der Waals surface area (Å²) in [7, 11) is 0. The SMILES string of the molecule is N#Cc1c(C#N)c(N(c2ccccn2)n2ccc3ccccc32)c2ccccc2c1O. The van der Waals surface area contributed by atoms with Gasteiger partial charge >= 0.3 is 0 Å². The molecule has 0 amide bonds. The van der Waals surface area contributed by atoms with Gasteiger partial charge in [0.2, 0.25) is 0 Å². The maximum atomic E-state index is 10.7. The number of hydrogen-bond acceptors (Lipinski definition) is 5. The van der Waals surface area contributed by atoms with Gasteiger partial charge in [-0.05, 0) is 24.3 Å². The number of hydrogen-bond donors (Lipinski definition) is 1. The normalized spacial score (nSPS) is 10.6. The molecule has 146 valence electrons. The molecule has 0 bridgehead atoms. The number of aromatic nitrogens is 2. The lowest BCUT2D eigenvalue weighted by molar-refractivity contribution is 0.479. The van der Waals surface area contributed by atoms with E-state index in [4.69, 9.17) is 0 Å². The lowest BCUT2D eigenvalue weighted by Crippen LogP contribution is -2.25. The van der Waals surface area contributed by atoms with Crippen molar-refractivity contribution in [3.8, 4) is 17.9 Å². The summed E-state index contributed by atoms with van der Waals surface area (Å²) in [6, 6.07) is 26.7. The first-order chi connectivity index (χ1) is 15.2. The van der Waals surface area contributed by atoms with E-state index < -0.39 is 0 Å². The van der Waals surface area contributed by atoms with Gasteiger partial charge in [-0.25, -0.2) is 9.99 Å². The molecule has 2 aromatic heterocycles. The van der Waals surface area contributed by atoms with Crippen LogP contribution in [0.2, 0.25) is 0 Å². The molecule has 0 aliphatic carbocycles. The van der Waals surface area contributed by atoms with Crippen molar-refractivity contribution in [3.63, 3.8) is 0 Å². The Morgan fingerprint density at radius 3 is 2.26 bits per heavy atom. The van der Waals surface area contributed by atoms with E-state index in [1.807, 2.05) is 82.6 Å². The number of aromatic hydroxyl groups is 1. The van der Waals surface area contributed by atoms with Crippen molar-refractivity contribution in [2.45, 2.75) is 0 Å². The van der Waals surface area contributed by atoms with Crippen LogP contribution >= 0.6 is 0 Å². The first-order valence-corrected chi connectivity index (χ1v) is 9.60. The second-order valence-corrected chi connectivity index (χ2v) is 6.94. The predicted octanol–water partition coefficient (Wildman–Crippen LogP) is 5.24. The number of phenols is 1. The molecule has 0 aliphatic rings. The average Bonchev–Trinajstić information content (AvgIpc) is 3.25. The molecule has 0 radical (unpaired) electrons. The third-order valence-corrected chi connectivity index (χ3v) is 5.26. The summed E-state index contributed by atoms with van der Waals surface area (Å²) in [6.07, 6.45) is 3.57. The fraction of sp³-hybridized carbons (Fsp3) is 0. The van der Waals surface area contributed by atoms with Crippen LogP contribution < -0.4 is 5.01 Å². The highest BCUT2D eigenvalue weighted by Gasteiger charge is 2.26. The van der Waals surface area contributed by atoms with E-state index >= 15 is 0 Å². The summed E-state index contributed by atoms with van der Waals surface area (Å²) in [5, 5.41) is 34.5. The number of nitriles is 2. The third kappa shape index (κ3) is 2.75. The Balaban J connectivity index is 1.97. The molecule has 5 aromatic rings. The standard InChI is InChI=1S/C25H15N5O/c26-15-20-21(16-27)25(31)19-9-3-2-8-18(19)24(20)30(23-11-5-6-13-28-23)29-14-12-17-7-1-4-10-22(17)29/h1-14,31H. The van der Waals surface area contributed by atoms with E-state index in [0.717, 1.165) is 10.9 Å². The summed E-state index contributed by atoms with van der Waals surface area (Å²) in [6.45, 7) is 0. The smallest absolute Gasteiger partial charge is 0.152 e. The Morgan fingerprint density at radius 2 is 1.52 bits per heavy atom. The third-order valence-electron chi connectivity index (χ3n) is 5.26. The highest BCUT2D eigenvalue weighted by atomic mass is 16.3. The number of rotatable bonds is 3. The molecule has 2 heterocycles. The summed E-state index contributed by atoms with van der Waals surface area (Å²) in [4.78, 5) is 4.53. The minimum absolute atomic E-state index is 0.0615. The number of anilines is 2. The van der Waals surface area contributed by atoms with Gasteiger partial charge in [0.25, 0.3) is 0 Å². The zero-order chi connectivity index (χ0) is 21.4. The number of nitrogens with zero attached hydrogens (tertiary/aromatic N) is 5.